The van der Waals surface area contributed by atoms with Crippen LogP contribution in [0.5, 0.6) is 0 Å². The molecule has 0 aliphatic rings. The van der Waals surface area contributed by atoms with Gasteiger partial charge in [0.05, 0.1) is 12.2 Å². The van der Waals surface area contributed by atoms with Crippen molar-refractivity contribution in [1.29, 1.82) is 0 Å². The Hall–Kier alpha value is -3.29. The molecule has 0 bridgehead atoms. The fraction of sp³-hybridized carbons (Fsp3) is 0.567. The monoisotopic (exact) mass is 516 g/mol. The number of aromatic nitrogens is 8. The van der Waals surface area contributed by atoms with Crippen LogP contribution in [0, 0.1) is 11.8 Å². The van der Waals surface area contributed by atoms with Gasteiger partial charge in [-0.3, -0.25) is 0 Å². The summed E-state index contributed by atoms with van der Waals surface area (Å²) in [6, 6.07) is 11.1. The van der Waals surface area contributed by atoms with Gasteiger partial charge < -0.3 is 4.57 Å². The van der Waals surface area contributed by atoms with Gasteiger partial charge in [0.25, 0.3) is 0 Å². The van der Waals surface area contributed by atoms with Crippen molar-refractivity contribution in [2.45, 2.75) is 99.5 Å². The van der Waals surface area contributed by atoms with E-state index in [2.05, 4.69) is 129 Å². The minimum atomic E-state index is -0.0885. The molecule has 8 heteroatoms. The van der Waals surface area contributed by atoms with Crippen molar-refractivity contribution in [1.82, 2.24) is 40.0 Å². The Kier molecular flexibility index (Phi) is 7.64. The number of hydrogen-bond donors (Lipinski definition) is 1. The van der Waals surface area contributed by atoms with Gasteiger partial charge in [-0.05, 0) is 51.8 Å². The van der Waals surface area contributed by atoms with E-state index < -0.39 is 0 Å². The van der Waals surface area contributed by atoms with Gasteiger partial charge in [-0.15, -0.1) is 10.2 Å². The molecule has 3 heterocycles. The van der Waals surface area contributed by atoms with Crippen molar-refractivity contribution < 1.29 is 0 Å². The maximum absolute atomic E-state index is 4.88. The SMILES string of the molecule is CC(C)Cc1nc(CC(C)C)n(Cc2ccc(-n3c(C(C)(C)C)cc(C(C)(C)C)c3-c3nn[nH]n3)cc2)n1. The van der Waals surface area contributed by atoms with Crippen molar-refractivity contribution >= 4 is 0 Å². The third kappa shape index (κ3) is 6.05. The minimum Gasteiger partial charge on any atom is -0.310 e. The average Bonchev–Trinajstić information content (AvgIpc) is 3.51. The summed E-state index contributed by atoms with van der Waals surface area (Å²) in [5.74, 6) is 3.66. The first kappa shape index (κ1) is 27.7. The average molecular weight is 517 g/mol. The van der Waals surface area contributed by atoms with Gasteiger partial charge in [-0.2, -0.15) is 10.3 Å². The van der Waals surface area contributed by atoms with Crippen LogP contribution >= 0.6 is 0 Å². The van der Waals surface area contributed by atoms with Crippen molar-refractivity contribution in [3.05, 3.63) is 58.8 Å². The fourth-order valence-corrected chi connectivity index (χ4v) is 4.83. The van der Waals surface area contributed by atoms with E-state index in [-0.39, 0.29) is 10.8 Å². The summed E-state index contributed by atoms with van der Waals surface area (Å²) in [6.07, 6.45) is 1.82. The second kappa shape index (κ2) is 10.5. The lowest BCUT2D eigenvalue weighted by Gasteiger charge is -2.23. The first-order valence-electron chi connectivity index (χ1n) is 13.8. The zero-order valence-corrected chi connectivity index (χ0v) is 24.8. The Labute approximate surface area is 227 Å². The highest BCUT2D eigenvalue weighted by molar-refractivity contribution is 5.64. The molecule has 0 saturated heterocycles. The van der Waals surface area contributed by atoms with Gasteiger partial charge in [-0.1, -0.05) is 81.4 Å². The summed E-state index contributed by atoms with van der Waals surface area (Å²) < 4.78 is 4.39. The molecule has 204 valence electrons. The lowest BCUT2D eigenvalue weighted by atomic mass is 9.85. The summed E-state index contributed by atoms with van der Waals surface area (Å²) in [6.45, 7) is 23.0. The molecular formula is C30H44N8. The number of tetrazole rings is 1. The van der Waals surface area contributed by atoms with Crippen LogP contribution in [0.15, 0.2) is 30.3 Å². The number of benzene rings is 1. The molecular weight excluding hydrogens is 472 g/mol. The highest BCUT2D eigenvalue weighted by atomic mass is 15.5. The second-order valence-electron chi connectivity index (χ2n) is 13.3. The van der Waals surface area contributed by atoms with Gasteiger partial charge in [0, 0.05) is 29.6 Å². The molecule has 0 atom stereocenters. The standard InChI is InChI=1S/C30H44N8/c1-19(2)15-25-31-26(16-20(3)4)37(34-25)18-21-11-13-22(14-12-21)38-24(30(8,9)10)17-23(29(5,6)7)27(38)28-32-35-36-33-28/h11-14,17,19-20H,15-16,18H2,1-10H3,(H,32,33,35,36). The maximum atomic E-state index is 4.88. The Bertz CT molecular complexity index is 1340. The molecule has 0 aliphatic heterocycles. The molecule has 0 radical (unpaired) electrons. The van der Waals surface area contributed by atoms with Gasteiger partial charge in [0.2, 0.25) is 5.82 Å². The summed E-state index contributed by atoms with van der Waals surface area (Å²) in [5, 5.41) is 20.2. The molecule has 0 spiro atoms. The van der Waals surface area contributed by atoms with Crippen LogP contribution in [0.4, 0.5) is 0 Å². The summed E-state index contributed by atoms with van der Waals surface area (Å²) >= 11 is 0. The number of rotatable bonds is 8. The topological polar surface area (TPSA) is 90.1 Å². The molecule has 4 rings (SSSR count). The summed E-state index contributed by atoms with van der Waals surface area (Å²) in [7, 11) is 0. The van der Waals surface area contributed by atoms with E-state index in [0.29, 0.717) is 24.2 Å². The fourth-order valence-electron chi connectivity index (χ4n) is 4.83. The van der Waals surface area contributed by atoms with E-state index in [0.717, 1.165) is 35.9 Å². The lowest BCUT2D eigenvalue weighted by Crippen LogP contribution is -2.17. The number of hydrogen-bond acceptors (Lipinski definition) is 5. The molecule has 0 unspecified atom stereocenters. The van der Waals surface area contributed by atoms with Gasteiger partial charge in [-0.25, -0.2) is 9.67 Å². The highest BCUT2D eigenvalue weighted by Gasteiger charge is 2.32. The van der Waals surface area contributed by atoms with Crippen LogP contribution in [0.2, 0.25) is 0 Å². The Morgan fingerprint density at radius 2 is 1.53 bits per heavy atom. The second-order valence-corrected chi connectivity index (χ2v) is 13.3. The minimum absolute atomic E-state index is 0.0834. The van der Waals surface area contributed by atoms with E-state index in [1.165, 1.54) is 16.8 Å². The Balaban J connectivity index is 1.76. The van der Waals surface area contributed by atoms with Gasteiger partial charge in [0.1, 0.15) is 5.82 Å². The summed E-state index contributed by atoms with van der Waals surface area (Å²) in [5.41, 5.74) is 5.50. The predicted octanol–water partition coefficient (Wildman–Crippen LogP) is 6.29. The lowest BCUT2D eigenvalue weighted by molar-refractivity contribution is 0.556. The van der Waals surface area contributed by atoms with Crippen molar-refractivity contribution in [3.63, 3.8) is 0 Å². The highest BCUT2D eigenvalue weighted by Crippen LogP contribution is 2.40. The van der Waals surface area contributed by atoms with Crippen LogP contribution in [-0.4, -0.2) is 40.0 Å². The largest absolute Gasteiger partial charge is 0.310 e. The van der Waals surface area contributed by atoms with Crippen LogP contribution in [0.25, 0.3) is 17.2 Å². The van der Waals surface area contributed by atoms with Crippen LogP contribution in [-0.2, 0) is 30.2 Å². The first-order valence-corrected chi connectivity index (χ1v) is 13.8. The molecule has 3 aromatic heterocycles. The van der Waals surface area contributed by atoms with Gasteiger partial charge >= 0.3 is 0 Å². The van der Waals surface area contributed by atoms with Crippen molar-refractivity contribution in [2.24, 2.45) is 11.8 Å². The Morgan fingerprint density at radius 3 is 2.05 bits per heavy atom. The molecule has 1 N–H and O–H groups in total. The third-order valence-electron chi connectivity index (χ3n) is 6.63. The zero-order chi connectivity index (χ0) is 27.8. The van der Waals surface area contributed by atoms with Crippen LogP contribution < -0.4 is 0 Å². The van der Waals surface area contributed by atoms with Gasteiger partial charge in [0.15, 0.2) is 5.82 Å². The van der Waals surface area contributed by atoms with E-state index >= 15 is 0 Å². The molecule has 0 amide bonds. The quantitative estimate of drug-likeness (QED) is 0.297. The number of nitrogens with zero attached hydrogens (tertiary/aromatic N) is 7. The molecule has 0 saturated carbocycles. The van der Waals surface area contributed by atoms with Crippen LogP contribution in [0.1, 0.15) is 97.7 Å². The van der Waals surface area contributed by atoms with E-state index in [9.17, 15) is 0 Å². The number of nitrogens with one attached hydrogen (secondary N) is 1. The first-order chi connectivity index (χ1) is 17.7. The smallest absolute Gasteiger partial charge is 0.221 e. The predicted molar refractivity (Wildman–Crippen MR) is 153 cm³/mol. The van der Waals surface area contributed by atoms with Crippen molar-refractivity contribution in [3.8, 4) is 17.2 Å². The van der Waals surface area contributed by atoms with Crippen LogP contribution in [0.3, 0.4) is 0 Å². The van der Waals surface area contributed by atoms with E-state index in [1.807, 2.05) is 0 Å². The third-order valence-corrected chi connectivity index (χ3v) is 6.63. The zero-order valence-electron chi connectivity index (χ0n) is 24.8. The Morgan fingerprint density at radius 1 is 0.868 bits per heavy atom. The molecule has 38 heavy (non-hydrogen) atoms. The molecule has 0 fully saturated rings. The molecule has 1 aromatic carbocycles. The van der Waals surface area contributed by atoms with E-state index in [1.54, 1.807) is 0 Å². The molecule has 4 aromatic rings. The number of H-pyrrole nitrogens is 1. The van der Waals surface area contributed by atoms with Crippen molar-refractivity contribution in [2.75, 3.05) is 0 Å². The summed E-state index contributed by atoms with van der Waals surface area (Å²) in [4.78, 5) is 4.88. The molecule has 8 nitrogen and oxygen atoms in total. The molecule has 0 aliphatic carbocycles. The normalized spacial score (nSPS) is 12.7. The van der Waals surface area contributed by atoms with E-state index in [4.69, 9.17) is 10.1 Å². The number of aromatic amines is 1. The maximum Gasteiger partial charge on any atom is 0.221 e.